The minimum atomic E-state index is 0.678. The second-order valence-electron chi connectivity index (χ2n) is 1.86. The van der Waals surface area contributed by atoms with Crippen molar-refractivity contribution in [3.05, 3.63) is 30.1 Å². The van der Waals surface area contributed by atoms with Crippen molar-refractivity contribution in [1.82, 2.24) is 4.98 Å². The van der Waals surface area contributed by atoms with Crippen LogP contribution in [-0.2, 0) is 6.42 Å². The molecule has 62 valence electrons. The number of hydrogen-bond acceptors (Lipinski definition) is 3. The quantitative estimate of drug-likeness (QED) is 0.636. The van der Waals surface area contributed by atoms with E-state index in [2.05, 4.69) is 10.7 Å². The SMILES string of the molecule is CN.NCCc1ccccn1. The van der Waals surface area contributed by atoms with Gasteiger partial charge in [0.25, 0.3) is 0 Å². The molecule has 4 N–H and O–H groups in total. The third-order valence-corrected chi connectivity index (χ3v) is 1.13. The second kappa shape index (κ2) is 7.18. The topological polar surface area (TPSA) is 64.9 Å². The Labute approximate surface area is 67.4 Å². The van der Waals surface area contributed by atoms with Crippen molar-refractivity contribution in [2.24, 2.45) is 11.5 Å². The van der Waals surface area contributed by atoms with Crippen LogP contribution >= 0.6 is 0 Å². The third kappa shape index (κ3) is 4.47. The molecule has 0 amide bonds. The molecule has 0 spiro atoms. The Morgan fingerprint density at radius 2 is 2.09 bits per heavy atom. The molecule has 1 heterocycles. The monoisotopic (exact) mass is 153 g/mol. The molecule has 0 aliphatic rings. The second-order valence-corrected chi connectivity index (χ2v) is 1.86. The van der Waals surface area contributed by atoms with E-state index < -0.39 is 0 Å². The van der Waals surface area contributed by atoms with Crippen LogP contribution in [0.4, 0.5) is 0 Å². The van der Waals surface area contributed by atoms with E-state index in [1.54, 1.807) is 6.20 Å². The van der Waals surface area contributed by atoms with E-state index >= 15 is 0 Å². The Bertz CT molecular complexity index is 162. The Kier molecular flexibility index (Phi) is 6.57. The van der Waals surface area contributed by atoms with E-state index in [-0.39, 0.29) is 0 Å². The van der Waals surface area contributed by atoms with Crippen LogP contribution in [0.15, 0.2) is 24.4 Å². The van der Waals surface area contributed by atoms with Gasteiger partial charge in [-0.15, -0.1) is 0 Å². The first-order valence-electron chi connectivity index (χ1n) is 3.61. The van der Waals surface area contributed by atoms with Gasteiger partial charge >= 0.3 is 0 Å². The standard InChI is InChI=1S/C7H10N2.CH5N/c8-5-4-7-3-1-2-6-9-7;1-2/h1-3,6H,4-5,8H2;2H2,1H3. The van der Waals surface area contributed by atoms with Crippen LogP contribution < -0.4 is 11.5 Å². The number of aromatic nitrogens is 1. The molecule has 0 aliphatic heterocycles. The molecule has 0 aliphatic carbocycles. The number of nitrogens with zero attached hydrogens (tertiary/aromatic N) is 1. The largest absolute Gasteiger partial charge is 0.333 e. The highest BCUT2D eigenvalue weighted by molar-refractivity contribution is 5.03. The van der Waals surface area contributed by atoms with Gasteiger partial charge in [0.05, 0.1) is 0 Å². The van der Waals surface area contributed by atoms with E-state index in [9.17, 15) is 0 Å². The predicted octanol–water partition coefficient (Wildman–Crippen LogP) is 0.158. The molecule has 0 radical (unpaired) electrons. The van der Waals surface area contributed by atoms with Crippen molar-refractivity contribution < 1.29 is 0 Å². The zero-order valence-electron chi connectivity index (χ0n) is 6.83. The molecule has 3 heteroatoms. The molecule has 0 fully saturated rings. The fraction of sp³-hybridized carbons (Fsp3) is 0.375. The normalized spacial score (nSPS) is 8.27. The first-order chi connectivity index (χ1) is 5.43. The lowest BCUT2D eigenvalue weighted by Gasteiger charge is -1.92. The molecule has 1 rings (SSSR count). The first-order valence-corrected chi connectivity index (χ1v) is 3.61. The van der Waals surface area contributed by atoms with Crippen molar-refractivity contribution >= 4 is 0 Å². The van der Waals surface area contributed by atoms with Gasteiger partial charge in [0.1, 0.15) is 0 Å². The van der Waals surface area contributed by atoms with E-state index in [4.69, 9.17) is 5.73 Å². The average Bonchev–Trinajstić information content (AvgIpc) is 2.11. The molecule has 3 nitrogen and oxygen atoms in total. The molecule has 0 bridgehead atoms. The molecule has 1 aromatic heterocycles. The van der Waals surface area contributed by atoms with E-state index in [1.165, 1.54) is 7.05 Å². The summed E-state index contributed by atoms with van der Waals surface area (Å²) in [6.07, 6.45) is 2.66. The van der Waals surface area contributed by atoms with E-state index in [0.29, 0.717) is 6.54 Å². The molecule has 1 aromatic rings. The summed E-state index contributed by atoms with van der Waals surface area (Å²) in [7, 11) is 1.50. The number of hydrogen-bond donors (Lipinski definition) is 2. The Hall–Kier alpha value is -0.930. The summed E-state index contributed by atoms with van der Waals surface area (Å²) in [6, 6.07) is 5.85. The summed E-state index contributed by atoms with van der Waals surface area (Å²) in [4.78, 5) is 4.09. The van der Waals surface area contributed by atoms with Gasteiger partial charge < -0.3 is 11.5 Å². The molecule has 0 unspecified atom stereocenters. The molecular formula is C8H15N3. The smallest absolute Gasteiger partial charge is 0.0416 e. The van der Waals surface area contributed by atoms with Crippen molar-refractivity contribution in [3.8, 4) is 0 Å². The van der Waals surface area contributed by atoms with Crippen LogP contribution in [-0.4, -0.2) is 18.6 Å². The van der Waals surface area contributed by atoms with Gasteiger partial charge in [0, 0.05) is 18.3 Å². The van der Waals surface area contributed by atoms with Gasteiger partial charge in [-0.2, -0.15) is 0 Å². The molecular weight excluding hydrogens is 138 g/mol. The predicted molar refractivity (Wildman–Crippen MR) is 47.1 cm³/mol. The zero-order chi connectivity index (χ0) is 8.53. The van der Waals surface area contributed by atoms with Gasteiger partial charge in [-0.1, -0.05) is 6.07 Å². The maximum absolute atomic E-state index is 5.32. The van der Waals surface area contributed by atoms with Gasteiger partial charge in [-0.25, -0.2) is 0 Å². The Morgan fingerprint density at radius 1 is 1.36 bits per heavy atom. The van der Waals surface area contributed by atoms with Gasteiger partial charge in [-0.3, -0.25) is 4.98 Å². The van der Waals surface area contributed by atoms with E-state index in [0.717, 1.165) is 12.1 Å². The van der Waals surface area contributed by atoms with Gasteiger partial charge in [-0.05, 0) is 25.7 Å². The van der Waals surface area contributed by atoms with Crippen molar-refractivity contribution in [3.63, 3.8) is 0 Å². The summed E-state index contributed by atoms with van der Waals surface area (Å²) >= 11 is 0. The summed E-state index contributed by atoms with van der Waals surface area (Å²) in [5.41, 5.74) is 10.9. The van der Waals surface area contributed by atoms with Crippen LogP contribution in [0.3, 0.4) is 0 Å². The maximum atomic E-state index is 5.32. The zero-order valence-corrected chi connectivity index (χ0v) is 6.83. The lowest BCUT2D eigenvalue weighted by Crippen LogP contribution is -2.03. The highest BCUT2D eigenvalue weighted by Crippen LogP contribution is 1.91. The van der Waals surface area contributed by atoms with E-state index in [1.807, 2.05) is 18.2 Å². The summed E-state index contributed by atoms with van der Waals surface area (Å²) < 4.78 is 0. The highest BCUT2D eigenvalue weighted by atomic mass is 14.7. The molecule has 0 aromatic carbocycles. The number of nitrogens with two attached hydrogens (primary N) is 2. The van der Waals surface area contributed by atoms with Crippen LogP contribution in [0.25, 0.3) is 0 Å². The van der Waals surface area contributed by atoms with Crippen molar-refractivity contribution in [1.29, 1.82) is 0 Å². The molecule has 0 atom stereocenters. The molecule has 0 saturated carbocycles. The summed E-state index contributed by atoms with van der Waals surface area (Å²) in [5, 5.41) is 0. The van der Waals surface area contributed by atoms with Gasteiger partial charge in [0.15, 0.2) is 0 Å². The maximum Gasteiger partial charge on any atom is 0.0416 e. The van der Waals surface area contributed by atoms with Crippen molar-refractivity contribution in [2.75, 3.05) is 13.6 Å². The van der Waals surface area contributed by atoms with Crippen LogP contribution in [0.2, 0.25) is 0 Å². The molecule has 0 saturated heterocycles. The third-order valence-electron chi connectivity index (χ3n) is 1.13. The highest BCUT2D eigenvalue weighted by Gasteiger charge is 1.86. The van der Waals surface area contributed by atoms with Crippen LogP contribution in [0.5, 0.6) is 0 Å². The Balaban J connectivity index is 0.000000461. The lowest BCUT2D eigenvalue weighted by molar-refractivity contribution is 0.923. The van der Waals surface area contributed by atoms with Crippen molar-refractivity contribution in [2.45, 2.75) is 6.42 Å². The summed E-state index contributed by atoms with van der Waals surface area (Å²) in [6.45, 7) is 0.678. The van der Waals surface area contributed by atoms with Crippen LogP contribution in [0, 0.1) is 0 Å². The number of pyridine rings is 1. The minimum absolute atomic E-state index is 0.678. The minimum Gasteiger partial charge on any atom is -0.333 e. The lowest BCUT2D eigenvalue weighted by atomic mass is 10.3. The average molecular weight is 153 g/mol. The summed E-state index contributed by atoms with van der Waals surface area (Å²) in [5.74, 6) is 0. The first kappa shape index (κ1) is 10.1. The molecule has 11 heavy (non-hydrogen) atoms. The van der Waals surface area contributed by atoms with Crippen LogP contribution in [0.1, 0.15) is 5.69 Å². The van der Waals surface area contributed by atoms with Gasteiger partial charge in [0.2, 0.25) is 0 Å². The Morgan fingerprint density at radius 3 is 2.55 bits per heavy atom. The number of rotatable bonds is 2. The fourth-order valence-electron chi connectivity index (χ4n) is 0.694. The fourth-order valence-corrected chi connectivity index (χ4v) is 0.694.